The van der Waals surface area contributed by atoms with E-state index in [2.05, 4.69) is 31.4 Å². The van der Waals surface area contributed by atoms with Gasteiger partial charge in [-0.25, -0.2) is 0 Å². The summed E-state index contributed by atoms with van der Waals surface area (Å²) in [6, 6.07) is 1.41. The first-order valence-electron chi connectivity index (χ1n) is 4.17. The lowest BCUT2D eigenvalue weighted by atomic mass is 9.96. The van der Waals surface area contributed by atoms with Gasteiger partial charge in [-0.1, -0.05) is 13.8 Å². The summed E-state index contributed by atoms with van der Waals surface area (Å²) in [7, 11) is 0. The van der Waals surface area contributed by atoms with Crippen LogP contribution in [0.3, 0.4) is 0 Å². The van der Waals surface area contributed by atoms with Gasteiger partial charge in [0.05, 0.1) is 0 Å². The Balaban J connectivity index is 2.32. The normalized spacial score (nSPS) is 34.8. The van der Waals surface area contributed by atoms with Crippen molar-refractivity contribution in [2.24, 2.45) is 5.92 Å². The number of hydrogen-bond donors (Lipinski definition) is 2. The third kappa shape index (κ3) is 1.96. The van der Waals surface area contributed by atoms with E-state index in [-0.39, 0.29) is 0 Å². The van der Waals surface area contributed by atoms with Crippen LogP contribution in [-0.2, 0) is 0 Å². The Kier molecular flexibility index (Phi) is 2.69. The second-order valence-corrected chi connectivity index (χ2v) is 3.57. The van der Waals surface area contributed by atoms with Crippen molar-refractivity contribution in [1.29, 1.82) is 0 Å². The third-order valence-electron chi connectivity index (χ3n) is 2.23. The highest BCUT2D eigenvalue weighted by molar-refractivity contribution is 4.79. The molecule has 2 atom stereocenters. The van der Waals surface area contributed by atoms with E-state index in [1.165, 1.54) is 6.42 Å². The molecule has 0 aromatic carbocycles. The maximum absolute atomic E-state index is 3.44. The first-order chi connectivity index (χ1) is 4.70. The number of rotatable bonds is 1. The van der Waals surface area contributed by atoms with Gasteiger partial charge in [0.25, 0.3) is 0 Å². The van der Waals surface area contributed by atoms with Gasteiger partial charge in [-0.05, 0) is 19.3 Å². The Morgan fingerprint density at radius 3 is 2.40 bits per heavy atom. The van der Waals surface area contributed by atoms with E-state index in [0.717, 1.165) is 18.6 Å². The molecule has 1 aliphatic rings. The average molecular weight is 142 g/mol. The van der Waals surface area contributed by atoms with E-state index in [9.17, 15) is 0 Å². The van der Waals surface area contributed by atoms with Crippen LogP contribution in [0.2, 0.25) is 0 Å². The highest BCUT2D eigenvalue weighted by Gasteiger charge is 2.19. The summed E-state index contributed by atoms with van der Waals surface area (Å²) < 4.78 is 0. The fourth-order valence-electron chi connectivity index (χ4n) is 1.42. The molecule has 0 spiro atoms. The molecule has 0 radical (unpaired) electrons. The second-order valence-electron chi connectivity index (χ2n) is 3.57. The standard InChI is InChI=1S/C8H18N2/c1-6(2)8-4-7(3)9-5-10-8/h6-10H,4-5H2,1-3H3. The Morgan fingerprint density at radius 1 is 1.30 bits per heavy atom. The molecule has 2 nitrogen and oxygen atoms in total. The molecular formula is C8H18N2. The Morgan fingerprint density at radius 2 is 2.00 bits per heavy atom. The van der Waals surface area contributed by atoms with Crippen molar-refractivity contribution in [3.8, 4) is 0 Å². The van der Waals surface area contributed by atoms with E-state index < -0.39 is 0 Å². The van der Waals surface area contributed by atoms with E-state index in [0.29, 0.717) is 6.04 Å². The van der Waals surface area contributed by atoms with Gasteiger partial charge in [0.2, 0.25) is 0 Å². The molecule has 1 rings (SSSR count). The summed E-state index contributed by atoms with van der Waals surface area (Å²) in [6.45, 7) is 7.77. The Hall–Kier alpha value is -0.0800. The van der Waals surface area contributed by atoms with Gasteiger partial charge in [-0.2, -0.15) is 0 Å². The van der Waals surface area contributed by atoms with E-state index in [4.69, 9.17) is 0 Å². The molecule has 1 saturated heterocycles. The predicted molar refractivity (Wildman–Crippen MR) is 43.8 cm³/mol. The Bertz CT molecular complexity index is 101. The summed E-state index contributed by atoms with van der Waals surface area (Å²) in [6.07, 6.45) is 1.26. The minimum atomic E-state index is 0.689. The summed E-state index contributed by atoms with van der Waals surface area (Å²) in [5.41, 5.74) is 0. The molecule has 60 valence electrons. The van der Waals surface area contributed by atoms with Crippen molar-refractivity contribution >= 4 is 0 Å². The van der Waals surface area contributed by atoms with Crippen LogP contribution in [0.15, 0.2) is 0 Å². The number of hydrogen-bond acceptors (Lipinski definition) is 2. The lowest BCUT2D eigenvalue weighted by Crippen LogP contribution is -2.51. The molecule has 10 heavy (non-hydrogen) atoms. The van der Waals surface area contributed by atoms with E-state index in [1.807, 2.05) is 0 Å². The van der Waals surface area contributed by atoms with Crippen molar-refractivity contribution in [2.45, 2.75) is 39.3 Å². The molecule has 1 fully saturated rings. The minimum Gasteiger partial charge on any atom is -0.302 e. The van der Waals surface area contributed by atoms with Crippen molar-refractivity contribution in [1.82, 2.24) is 10.6 Å². The van der Waals surface area contributed by atoms with Crippen molar-refractivity contribution < 1.29 is 0 Å². The van der Waals surface area contributed by atoms with Gasteiger partial charge in [0, 0.05) is 18.8 Å². The predicted octanol–water partition coefficient (Wildman–Crippen LogP) is 0.940. The zero-order valence-electron chi connectivity index (χ0n) is 7.15. The summed E-state index contributed by atoms with van der Waals surface area (Å²) in [5.74, 6) is 0.768. The topological polar surface area (TPSA) is 24.1 Å². The van der Waals surface area contributed by atoms with Crippen LogP contribution >= 0.6 is 0 Å². The molecule has 1 heterocycles. The van der Waals surface area contributed by atoms with Crippen molar-refractivity contribution in [3.63, 3.8) is 0 Å². The fraction of sp³-hybridized carbons (Fsp3) is 1.00. The second kappa shape index (κ2) is 3.35. The van der Waals surface area contributed by atoms with Gasteiger partial charge in [-0.3, -0.25) is 0 Å². The van der Waals surface area contributed by atoms with Crippen molar-refractivity contribution in [3.05, 3.63) is 0 Å². The van der Waals surface area contributed by atoms with Gasteiger partial charge < -0.3 is 10.6 Å². The molecule has 2 unspecified atom stereocenters. The summed E-state index contributed by atoms with van der Waals surface area (Å²) in [5, 5.41) is 6.79. The Labute approximate surface area is 63.4 Å². The quantitative estimate of drug-likeness (QED) is 0.569. The minimum absolute atomic E-state index is 0.689. The summed E-state index contributed by atoms with van der Waals surface area (Å²) >= 11 is 0. The van der Waals surface area contributed by atoms with Crippen LogP contribution in [0.25, 0.3) is 0 Å². The van der Waals surface area contributed by atoms with Gasteiger partial charge in [0.15, 0.2) is 0 Å². The molecule has 1 aliphatic heterocycles. The van der Waals surface area contributed by atoms with Crippen LogP contribution in [0.4, 0.5) is 0 Å². The fourth-order valence-corrected chi connectivity index (χ4v) is 1.42. The third-order valence-corrected chi connectivity index (χ3v) is 2.23. The first kappa shape index (κ1) is 8.02. The largest absolute Gasteiger partial charge is 0.302 e. The van der Waals surface area contributed by atoms with E-state index >= 15 is 0 Å². The highest BCUT2D eigenvalue weighted by atomic mass is 15.1. The molecular weight excluding hydrogens is 124 g/mol. The van der Waals surface area contributed by atoms with Gasteiger partial charge >= 0.3 is 0 Å². The molecule has 2 heteroatoms. The molecule has 0 aliphatic carbocycles. The lowest BCUT2D eigenvalue weighted by molar-refractivity contribution is 0.276. The van der Waals surface area contributed by atoms with E-state index in [1.54, 1.807) is 0 Å². The maximum atomic E-state index is 3.44. The smallest absolute Gasteiger partial charge is 0.0458 e. The lowest BCUT2D eigenvalue weighted by Gasteiger charge is -2.31. The molecule has 2 N–H and O–H groups in total. The maximum Gasteiger partial charge on any atom is 0.0458 e. The zero-order valence-corrected chi connectivity index (χ0v) is 7.15. The molecule has 0 aromatic heterocycles. The first-order valence-corrected chi connectivity index (χ1v) is 4.17. The zero-order chi connectivity index (χ0) is 7.56. The summed E-state index contributed by atoms with van der Waals surface area (Å²) in [4.78, 5) is 0. The van der Waals surface area contributed by atoms with Crippen LogP contribution in [-0.4, -0.2) is 18.8 Å². The van der Waals surface area contributed by atoms with Crippen LogP contribution in [0, 0.1) is 5.92 Å². The van der Waals surface area contributed by atoms with Crippen LogP contribution in [0.5, 0.6) is 0 Å². The van der Waals surface area contributed by atoms with Crippen LogP contribution < -0.4 is 10.6 Å². The molecule has 0 bridgehead atoms. The molecule has 0 amide bonds. The van der Waals surface area contributed by atoms with Crippen molar-refractivity contribution in [2.75, 3.05) is 6.67 Å². The van der Waals surface area contributed by atoms with Crippen LogP contribution in [0.1, 0.15) is 27.2 Å². The van der Waals surface area contributed by atoms with Gasteiger partial charge in [-0.15, -0.1) is 0 Å². The SMILES string of the molecule is CC1CC(C(C)C)NCN1. The highest BCUT2D eigenvalue weighted by Crippen LogP contribution is 2.10. The number of nitrogens with one attached hydrogen (secondary N) is 2. The van der Waals surface area contributed by atoms with Gasteiger partial charge in [0.1, 0.15) is 0 Å². The average Bonchev–Trinajstić information content (AvgIpc) is 1.88. The molecule has 0 aromatic rings. The molecule has 0 saturated carbocycles. The monoisotopic (exact) mass is 142 g/mol.